The Morgan fingerprint density at radius 3 is 2.43 bits per heavy atom. The summed E-state index contributed by atoms with van der Waals surface area (Å²) in [6.07, 6.45) is 12.0. The molecule has 1 saturated heterocycles. The van der Waals surface area contributed by atoms with Crippen LogP contribution in [0.1, 0.15) is 44.1 Å². The van der Waals surface area contributed by atoms with Crippen molar-refractivity contribution in [2.24, 2.45) is 17.8 Å². The first-order chi connectivity index (χ1) is 11.3. The molecule has 1 saturated carbocycles. The first-order valence-corrected chi connectivity index (χ1v) is 9.44. The van der Waals surface area contributed by atoms with Crippen molar-refractivity contribution in [3.05, 3.63) is 48.0 Å². The molecule has 1 aromatic carbocycles. The van der Waals surface area contributed by atoms with Crippen molar-refractivity contribution >= 4 is 0 Å². The smallest absolute Gasteiger partial charge is 0.0942 e. The van der Waals surface area contributed by atoms with Crippen LogP contribution in [0.5, 0.6) is 0 Å². The minimum Gasteiger partial charge on any atom is -0.385 e. The lowest BCUT2D eigenvalue weighted by Gasteiger charge is -2.40. The number of allylic oxidation sites excluding steroid dienone is 2. The zero-order valence-corrected chi connectivity index (χ0v) is 14.0. The second-order valence-electron chi connectivity index (χ2n) is 7.83. The standard InChI is InChI=1S/C21H29NO/c23-21(19-7-3-1-4-8-19,11-14-22-12-5-2-6-13-22)20-16-17-9-10-18(20)15-17/h1,3-4,7-10,17-18,20,23H,2,5-6,11-16H2/t17?,18-,20?,21?/m0/s1. The van der Waals surface area contributed by atoms with Crippen molar-refractivity contribution in [2.45, 2.75) is 44.1 Å². The summed E-state index contributed by atoms with van der Waals surface area (Å²) in [4.78, 5) is 2.56. The SMILES string of the molecule is OC(CCN1CCCCC1)(c1ccccc1)C1CC2C=C[C@H]1C2. The zero-order valence-electron chi connectivity index (χ0n) is 14.0. The molecule has 1 aliphatic heterocycles. The van der Waals surface area contributed by atoms with E-state index in [9.17, 15) is 5.11 Å². The zero-order chi connectivity index (χ0) is 15.7. The Hall–Kier alpha value is -1.12. The van der Waals surface area contributed by atoms with Crippen LogP contribution in [-0.4, -0.2) is 29.6 Å². The molecule has 3 unspecified atom stereocenters. The monoisotopic (exact) mass is 311 g/mol. The average molecular weight is 311 g/mol. The van der Waals surface area contributed by atoms with Gasteiger partial charge in [-0.25, -0.2) is 0 Å². The maximum Gasteiger partial charge on any atom is 0.0942 e. The van der Waals surface area contributed by atoms with Crippen LogP contribution in [0.4, 0.5) is 0 Å². The van der Waals surface area contributed by atoms with Crippen molar-refractivity contribution in [1.29, 1.82) is 0 Å². The number of nitrogens with zero attached hydrogens (tertiary/aromatic N) is 1. The fourth-order valence-electron chi connectivity index (χ4n) is 5.11. The van der Waals surface area contributed by atoms with Crippen molar-refractivity contribution in [2.75, 3.05) is 19.6 Å². The van der Waals surface area contributed by atoms with E-state index in [2.05, 4.69) is 47.4 Å². The number of aliphatic hydroxyl groups is 1. The summed E-state index contributed by atoms with van der Waals surface area (Å²) in [6.45, 7) is 3.45. The fourth-order valence-corrected chi connectivity index (χ4v) is 5.11. The minimum absolute atomic E-state index is 0.393. The summed E-state index contributed by atoms with van der Waals surface area (Å²) in [6, 6.07) is 10.5. The van der Waals surface area contributed by atoms with Crippen molar-refractivity contribution < 1.29 is 5.11 Å². The Balaban J connectivity index is 1.55. The molecule has 2 bridgehead atoms. The van der Waals surface area contributed by atoms with E-state index in [0.29, 0.717) is 17.8 Å². The second kappa shape index (κ2) is 6.41. The molecular formula is C21H29NO. The molecular weight excluding hydrogens is 282 g/mol. The molecule has 23 heavy (non-hydrogen) atoms. The van der Waals surface area contributed by atoms with Crippen LogP contribution in [0.15, 0.2) is 42.5 Å². The van der Waals surface area contributed by atoms with E-state index in [1.54, 1.807) is 0 Å². The molecule has 3 aliphatic rings. The maximum atomic E-state index is 11.8. The molecule has 0 radical (unpaired) electrons. The third-order valence-corrected chi connectivity index (χ3v) is 6.42. The van der Waals surface area contributed by atoms with Gasteiger partial charge in [-0.05, 0) is 68.5 Å². The number of piperidine rings is 1. The van der Waals surface area contributed by atoms with E-state index in [4.69, 9.17) is 0 Å². The third kappa shape index (κ3) is 2.99. The van der Waals surface area contributed by atoms with Crippen LogP contribution in [0.3, 0.4) is 0 Å². The summed E-state index contributed by atoms with van der Waals surface area (Å²) in [5.74, 6) is 1.67. The highest BCUT2D eigenvalue weighted by Gasteiger charge is 2.48. The Labute approximate surface area is 140 Å². The van der Waals surface area contributed by atoms with Crippen LogP contribution >= 0.6 is 0 Å². The Kier molecular flexibility index (Phi) is 4.29. The molecule has 1 aromatic rings. The summed E-state index contributed by atoms with van der Waals surface area (Å²) < 4.78 is 0. The normalized spacial score (nSPS) is 33.0. The van der Waals surface area contributed by atoms with Gasteiger partial charge in [0, 0.05) is 6.54 Å². The molecule has 4 rings (SSSR count). The molecule has 2 fully saturated rings. The van der Waals surface area contributed by atoms with Gasteiger partial charge >= 0.3 is 0 Å². The van der Waals surface area contributed by atoms with Crippen LogP contribution < -0.4 is 0 Å². The van der Waals surface area contributed by atoms with Crippen LogP contribution in [0.2, 0.25) is 0 Å². The van der Waals surface area contributed by atoms with Gasteiger partial charge < -0.3 is 10.0 Å². The molecule has 124 valence electrons. The molecule has 0 aromatic heterocycles. The van der Waals surface area contributed by atoms with Gasteiger partial charge in [-0.1, -0.05) is 48.9 Å². The topological polar surface area (TPSA) is 23.5 Å². The van der Waals surface area contributed by atoms with Gasteiger partial charge in [-0.2, -0.15) is 0 Å². The van der Waals surface area contributed by atoms with Gasteiger partial charge in [-0.3, -0.25) is 0 Å². The van der Waals surface area contributed by atoms with E-state index >= 15 is 0 Å². The van der Waals surface area contributed by atoms with Crippen molar-refractivity contribution in [1.82, 2.24) is 4.90 Å². The van der Waals surface area contributed by atoms with Gasteiger partial charge in [0.1, 0.15) is 0 Å². The Morgan fingerprint density at radius 1 is 1.00 bits per heavy atom. The van der Waals surface area contributed by atoms with Crippen LogP contribution in [-0.2, 0) is 5.60 Å². The van der Waals surface area contributed by atoms with E-state index in [1.165, 1.54) is 38.8 Å². The summed E-state index contributed by atoms with van der Waals surface area (Å²) >= 11 is 0. The van der Waals surface area contributed by atoms with Crippen molar-refractivity contribution in [3.8, 4) is 0 Å². The van der Waals surface area contributed by atoms with Gasteiger partial charge in [0.15, 0.2) is 0 Å². The van der Waals surface area contributed by atoms with E-state index in [1.807, 2.05) is 0 Å². The molecule has 2 aliphatic carbocycles. The summed E-state index contributed by atoms with van der Waals surface area (Å²) in [5, 5.41) is 11.8. The number of fused-ring (bicyclic) bond motifs is 2. The van der Waals surface area contributed by atoms with Crippen LogP contribution in [0, 0.1) is 17.8 Å². The molecule has 0 spiro atoms. The predicted molar refractivity (Wildman–Crippen MR) is 94.1 cm³/mol. The highest BCUT2D eigenvalue weighted by atomic mass is 16.3. The number of benzene rings is 1. The second-order valence-corrected chi connectivity index (χ2v) is 7.83. The van der Waals surface area contributed by atoms with Gasteiger partial charge in [-0.15, -0.1) is 0 Å². The lowest BCUT2D eigenvalue weighted by molar-refractivity contribution is -0.0495. The predicted octanol–water partition coefficient (Wildman–Crippen LogP) is 3.96. The number of hydrogen-bond donors (Lipinski definition) is 1. The van der Waals surface area contributed by atoms with E-state index < -0.39 is 5.60 Å². The Bertz CT molecular complexity index is 548. The first-order valence-electron chi connectivity index (χ1n) is 9.44. The highest BCUT2D eigenvalue weighted by Crippen LogP contribution is 2.52. The molecule has 2 heteroatoms. The number of rotatable bonds is 5. The van der Waals surface area contributed by atoms with Gasteiger partial charge in [0.05, 0.1) is 5.60 Å². The summed E-state index contributed by atoms with van der Waals surface area (Å²) in [7, 11) is 0. The highest BCUT2D eigenvalue weighted by molar-refractivity contribution is 5.27. The van der Waals surface area contributed by atoms with Gasteiger partial charge in [0.25, 0.3) is 0 Å². The number of likely N-dealkylation sites (tertiary alicyclic amines) is 1. The fraction of sp³-hybridized carbons (Fsp3) is 0.619. The van der Waals surface area contributed by atoms with E-state index in [0.717, 1.165) is 24.9 Å². The number of hydrogen-bond acceptors (Lipinski definition) is 2. The molecule has 4 atom stereocenters. The first kappa shape index (κ1) is 15.4. The molecule has 1 N–H and O–H groups in total. The lowest BCUT2D eigenvalue weighted by Crippen LogP contribution is -2.42. The average Bonchev–Trinajstić information content (AvgIpc) is 3.25. The maximum absolute atomic E-state index is 11.8. The largest absolute Gasteiger partial charge is 0.385 e. The quantitative estimate of drug-likeness (QED) is 0.832. The van der Waals surface area contributed by atoms with Gasteiger partial charge in [0.2, 0.25) is 0 Å². The molecule has 1 heterocycles. The molecule has 0 amide bonds. The minimum atomic E-state index is -0.664. The van der Waals surface area contributed by atoms with Crippen LogP contribution in [0.25, 0.3) is 0 Å². The Morgan fingerprint density at radius 2 is 1.78 bits per heavy atom. The third-order valence-electron chi connectivity index (χ3n) is 6.42. The van der Waals surface area contributed by atoms with E-state index in [-0.39, 0.29) is 0 Å². The summed E-state index contributed by atoms with van der Waals surface area (Å²) in [5.41, 5.74) is 0.464. The lowest BCUT2D eigenvalue weighted by atomic mass is 9.72. The molecule has 2 nitrogen and oxygen atoms in total. The van der Waals surface area contributed by atoms with Crippen molar-refractivity contribution in [3.63, 3.8) is 0 Å².